The summed E-state index contributed by atoms with van der Waals surface area (Å²) in [5, 5.41) is 0.580. The van der Waals surface area contributed by atoms with Crippen molar-refractivity contribution in [3.63, 3.8) is 0 Å². The number of aromatic nitrogens is 1. The van der Waals surface area contributed by atoms with Gasteiger partial charge in [0, 0.05) is 31.7 Å². The topological polar surface area (TPSA) is 83.0 Å². The number of anilines is 1. The summed E-state index contributed by atoms with van der Waals surface area (Å²) in [5.74, 6) is 0.439. The van der Waals surface area contributed by atoms with E-state index in [4.69, 9.17) is 9.72 Å². The van der Waals surface area contributed by atoms with Crippen LogP contribution in [0.4, 0.5) is 5.13 Å². The zero-order valence-electron chi connectivity index (χ0n) is 20.1. The molecule has 0 radical (unpaired) electrons. The molecule has 1 aliphatic rings. The molecule has 35 heavy (non-hydrogen) atoms. The predicted molar refractivity (Wildman–Crippen MR) is 143 cm³/mol. The number of carbonyl (C=O) groups excluding carboxylic acids is 1. The van der Waals surface area contributed by atoms with Gasteiger partial charge in [0.2, 0.25) is 10.0 Å². The summed E-state index contributed by atoms with van der Waals surface area (Å²) in [6.07, 6.45) is 2.81. The number of amides is 1. The second-order valence-electron chi connectivity index (χ2n) is 8.55. The molecule has 2 heterocycles. The summed E-state index contributed by atoms with van der Waals surface area (Å²) in [7, 11) is 1.95. The normalized spacial score (nSPS) is 14.6. The highest BCUT2D eigenvalue weighted by atomic mass is 35.5. The smallest absolute Gasteiger partial charge is 0.260 e. The number of ether oxygens (including phenoxy) is 1. The van der Waals surface area contributed by atoms with E-state index in [0.717, 1.165) is 29.5 Å². The van der Waals surface area contributed by atoms with E-state index in [2.05, 4.69) is 0 Å². The van der Waals surface area contributed by atoms with Crippen LogP contribution in [0.1, 0.15) is 29.6 Å². The monoisotopic (exact) mass is 538 g/mol. The minimum absolute atomic E-state index is 0. The maximum Gasteiger partial charge on any atom is 0.260 e. The molecule has 0 N–H and O–H groups in total. The van der Waals surface area contributed by atoms with Gasteiger partial charge in [-0.1, -0.05) is 23.8 Å². The van der Waals surface area contributed by atoms with Crippen molar-refractivity contribution >= 4 is 55.0 Å². The van der Waals surface area contributed by atoms with Gasteiger partial charge >= 0.3 is 0 Å². The molecule has 0 aliphatic carbocycles. The molecule has 0 bridgehead atoms. The molecule has 0 unspecified atom stereocenters. The number of likely N-dealkylation sites (N-methyl/N-ethyl adjacent to an activating group) is 1. The lowest BCUT2D eigenvalue weighted by atomic mass is 10.2. The number of sulfonamides is 1. The Labute approximate surface area is 217 Å². The Bertz CT molecular complexity index is 1260. The van der Waals surface area contributed by atoms with E-state index < -0.39 is 10.0 Å². The van der Waals surface area contributed by atoms with E-state index in [1.54, 1.807) is 24.1 Å². The first-order chi connectivity index (χ1) is 16.3. The van der Waals surface area contributed by atoms with Crippen LogP contribution in [0.25, 0.3) is 10.2 Å². The Balaban J connectivity index is 0.00000342. The van der Waals surface area contributed by atoms with E-state index in [1.165, 1.54) is 27.8 Å². The summed E-state index contributed by atoms with van der Waals surface area (Å²) < 4.78 is 33.8. The third-order valence-corrected chi connectivity index (χ3v) is 8.85. The minimum Gasteiger partial charge on any atom is -0.494 e. The maximum atomic E-state index is 13.5. The molecule has 3 aromatic rings. The van der Waals surface area contributed by atoms with Gasteiger partial charge in [0.05, 0.1) is 16.7 Å². The van der Waals surface area contributed by atoms with Crippen molar-refractivity contribution in [2.75, 3.05) is 52.3 Å². The van der Waals surface area contributed by atoms with Crippen molar-refractivity contribution in [3.05, 3.63) is 48.0 Å². The third-order valence-electron chi connectivity index (χ3n) is 5.89. The van der Waals surface area contributed by atoms with Gasteiger partial charge in [-0.05, 0) is 63.3 Å². The van der Waals surface area contributed by atoms with E-state index in [9.17, 15) is 13.2 Å². The van der Waals surface area contributed by atoms with Crippen LogP contribution in [-0.4, -0.2) is 75.9 Å². The molecule has 0 atom stereocenters. The summed E-state index contributed by atoms with van der Waals surface area (Å²) >= 11 is 1.43. The van der Waals surface area contributed by atoms with Gasteiger partial charge in [0.15, 0.2) is 5.13 Å². The highest BCUT2D eigenvalue weighted by molar-refractivity contribution is 7.89. The number of halogens is 1. The summed E-state index contributed by atoms with van der Waals surface area (Å²) in [5.41, 5.74) is 1.14. The van der Waals surface area contributed by atoms with Crippen LogP contribution in [0.2, 0.25) is 0 Å². The molecule has 2 aromatic carbocycles. The number of carbonyl (C=O) groups is 1. The summed E-state index contributed by atoms with van der Waals surface area (Å²) in [6, 6.07) is 11.9. The molecular weight excluding hydrogens is 508 g/mol. The molecule has 1 amide bonds. The van der Waals surface area contributed by atoms with Crippen LogP contribution in [0, 0.1) is 0 Å². The fraction of sp³-hybridized carbons (Fsp3) is 0.417. The van der Waals surface area contributed by atoms with Gasteiger partial charge in [-0.3, -0.25) is 9.69 Å². The second kappa shape index (κ2) is 11.7. The predicted octanol–water partition coefficient (Wildman–Crippen LogP) is 4.11. The van der Waals surface area contributed by atoms with Crippen LogP contribution in [0.15, 0.2) is 47.4 Å². The van der Waals surface area contributed by atoms with Crippen molar-refractivity contribution in [3.8, 4) is 5.75 Å². The fourth-order valence-corrected chi connectivity index (χ4v) is 6.48. The standard InChI is InChI=1S/C24H30N4O4S2.ClH/c1-26(2)16-17-28(24-25-22-20(32-3)8-7-9-21(22)33-24)23(29)18-10-12-19(13-11-18)34(30,31)27-14-5-4-6-15-27;/h7-13H,4-6,14-17H2,1-3H3;1H. The third kappa shape index (κ3) is 5.95. The number of rotatable bonds is 8. The number of para-hydroxylation sites is 1. The highest BCUT2D eigenvalue weighted by Crippen LogP contribution is 2.34. The number of hydrogen-bond acceptors (Lipinski definition) is 7. The first-order valence-electron chi connectivity index (χ1n) is 11.3. The maximum absolute atomic E-state index is 13.5. The Kier molecular flexibility index (Phi) is 9.11. The van der Waals surface area contributed by atoms with E-state index in [-0.39, 0.29) is 23.2 Å². The van der Waals surface area contributed by atoms with Crippen molar-refractivity contribution < 1.29 is 17.9 Å². The van der Waals surface area contributed by atoms with Gasteiger partial charge in [-0.2, -0.15) is 4.31 Å². The average molecular weight is 539 g/mol. The average Bonchev–Trinajstić information content (AvgIpc) is 3.28. The SMILES string of the molecule is COc1cccc2sc(N(CCN(C)C)C(=O)c3ccc(S(=O)(=O)N4CCCCC4)cc3)nc12.Cl. The quantitative estimate of drug-likeness (QED) is 0.429. The summed E-state index contributed by atoms with van der Waals surface area (Å²) in [6.45, 7) is 2.19. The molecule has 1 aliphatic heterocycles. The lowest BCUT2D eigenvalue weighted by Gasteiger charge is -2.26. The molecule has 11 heteroatoms. The number of benzene rings is 2. The second-order valence-corrected chi connectivity index (χ2v) is 11.5. The number of fused-ring (bicyclic) bond motifs is 1. The highest BCUT2D eigenvalue weighted by Gasteiger charge is 2.27. The van der Waals surface area contributed by atoms with Crippen molar-refractivity contribution in [2.24, 2.45) is 0 Å². The van der Waals surface area contributed by atoms with Gasteiger partial charge < -0.3 is 9.64 Å². The van der Waals surface area contributed by atoms with Gasteiger partial charge in [-0.25, -0.2) is 13.4 Å². The minimum atomic E-state index is -3.55. The largest absolute Gasteiger partial charge is 0.494 e. The molecule has 4 rings (SSSR count). The zero-order valence-corrected chi connectivity index (χ0v) is 22.6. The van der Waals surface area contributed by atoms with Crippen LogP contribution in [-0.2, 0) is 10.0 Å². The molecule has 8 nitrogen and oxygen atoms in total. The van der Waals surface area contributed by atoms with Crippen molar-refractivity contribution in [1.82, 2.24) is 14.2 Å². The van der Waals surface area contributed by atoms with Gasteiger partial charge in [0.25, 0.3) is 5.91 Å². The number of piperidine rings is 1. The number of methoxy groups -OCH3 is 1. The molecule has 0 spiro atoms. The number of thiazole rings is 1. The Morgan fingerprint density at radius 1 is 1.06 bits per heavy atom. The van der Waals surface area contributed by atoms with Crippen LogP contribution in [0.5, 0.6) is 5.75 Å². The van der Waals surface area contributed by atoms with E-state index >= 15 is 0 Å². The molecule has 1 saturated heterocycles. The van der Waals surface area contributed by atoms with Crippen molar-refractivity contribution in [2.45, 2.75) is 24.2 Å². The number of nitrogens with zero attached hydrogens (tertiary/aromatic N) is 4. The summed E-state index contributed by atoms with van der Waals surface area (Å²) in [4.78, 5) is 22.1. The van der Waals surface area contributed by atoms with Crippen LogP contribution < -0.4 is 9.64 Å². The van der Waals surface area contributed by atoms with Crippen LogP contribution >= 0.6 is 23.7 Å². The Morgan fingerprint density at radius 3 is 2.37 bits per heavy atom. The first kappa shape index (κ1) is 27.3. The lowest BCUT2D eigenvalue weighted by Crippen LogP contribution is -2.37. The van der Waals surface area contributed by atoms with Gasteiger partial charge in [0.1, 0.15) is 11.3 Å². The lowest BCUT2D eigenvalue weighted by molar-refractivity contribution is 0.0985. The molecular formula is C24H31ClN4O4S2. The first-order valence-corrected chi connectivity index (χ1v) is 13.6. The fourth-order valence-electron chi connectivity index (χ4n) is 3.96. The molecule has 190 valence electrons. The Morgan fingerprint density at radius 2 is 1.74 bits per heavy atom. The van der Waals surface area contributed by atoms with E-state index in [1.807, 2.05) is 37.2 Å². The Hall–Kier alpha value is -2.24. The van der Waals surface area contributed by atoms with Gasteiger partial charge in [-0.15, -0.1) is 12.4 Å². The van der Waals surface area contributed by atoms with Crippen LogP contribution in [0.3, 0.4) is 0 Å². The number of hydrogen-bond donors (Lipinski definition) is 0. The van der Waals surface area contributed by atoms with Crippen molar-refractivity contribution in [1.29, 1.82) is 0 Å². The van der Waals surface area contributed by atoms with E-state index in [0.29, 0.717) is 42.6 Å². The molecule has 0 saturated carbocycles. The zero-order chi connectivity index (χ0) is 24.3. The molecule has 1 fully saturated rings. The molecule has 1 aromatic heterocycles.